The van der Waals surface area contributed by atoms with Crippen LogP contribution in [0.5, 0.6) is 0 Å². The third kappa shape index (κ3) is 4.80. The predicted molar refractivity (Wildman–Crippen MR) is 127 cm³/mol. The van der Waals surface area contributed by atoms with Gasteiger partial charge in [-0.05, 0) is 56.6 Å². The molecular weight excluding hydrogens is 414 g/mol. The van der Waals surface area contributed by atoms with Crippen molar-refractivity contribution in [1.29, 1.82) is 0 Å². The lowest BCUT2D eigenvalue weighted by atomic mass is 9.89. The van der Waals surface area contributed by atoms with Gasteiger partial charge in [-0.1, -0.05) is 53.7 Å². The van der Waals surface area contributed by atoms with Gasteiger partial charge < -0.3 is 15.1 Å². The number of hydrogen-bond acceptors (Lipinski definition) is 4. The van der Waals surface area contributed by atoms with Crippen molar-refractivity contribution in [3.63, 3.8) is 0 Å². The summed E-state index contributed by atoms with van der Waals surface area (Å²) in [5.41, 5.74) is 2.39. The lowest BCUT2D eigenvalue weighted by molar-refractivity contribution is -0.141. The molecule has 1 saturated carbocycles. The van der Waals surface area contributed by atoms with E-state index < -0.39 is 5.60 Å². The fraction of sp³-hybridized carbons (Fsp3) is 0.444. The Hall–Kier alpha value is -3.15. The van der Waals surface area contributed by atoms with E-state index in [9.17, 15) is 9.59 Å². The van der Waals surface area contributed by atoms with E-state index in [2.05, 4.69) is 34.7 Å². The third-order valence-corrected chi connectivity index (χ3v) is 6.99. The van der Waals surface area contributed by atoms with Crippen molar-refractivity contribution in [2.75, 3.05) is 13.1 Å². The molecule has 1 saturated heterocycles. The number of hydrogen-bond donors (Lipinski definition) is 1. The second kappa shape index (κ2) is 9.00. The van der Waals surface area contributed by atoms with Gasteiger partial charge in [0.1, 0.15) is 0 Å². The number of carbonyl (C=O) groups is 2. The molecule has 6 nitrogen and oxygen atoms in total. The molecule has 2 aromatic carbocycles. The van der Waals surface area contributed by atoms with Gasteiger partial charge in [-0.15, -0.1) is 0 Å². The molecule has 0 radical (unpaired) electrons. The van der Waals surface area contributed by atoms with Crippen molar-refractivity contribution >= 4 is 17.5 Å². The first-order chi connectivity index (χ1) is 16.0. The molecule has 0 aromatic heterocycles. The lowest BCUT2D eigenvalue weighted by Gasteiger charge is -2.32. The van der Waals surface area contributed by atoms with E-state index in [-0.39, 0.29) is 17.9 Å². The van der Waals surface area contributed by atoms with E-state index in [0.29, 0.717) is 23.6 Å². The van der Waals surface area contributed by atoms with Gasteiger partial charge >= 0.3 is 0 Å². The molecule has 1 aliphatic carbocycles. The van der Waals surface area contributed by atoms with Crippen LogP contribution in [0.2, 0.25) is 0 Å². The molecule has 2 aromatic rings. The van der Waals surface area contributed by atoms with Crippen LogP contribution >= 0.6 is 0 Å². The lowest BCUT2D eigenvalue weighted by Crippen LogP contribution is -2.45. The highest BCUT2D eigenvalue weighted by molar-refractivity contribution is 6.12. The molecule has 0 spiro atoms. The Balaban J connectivity index is 1.24. The Bertz CT molecular complexity index is 1060. The van der Waals surface area contributed by atoms with E-state index in [1.54, 1.807) is 6.92 Å². The van der Waals surface area contributed by atoms with Crippen LogP contribution in [-0.2, 0) is 16.1 Å². The van der Waals surface area contributed by atoms with Gasteiger partial charge in [0.25, 0.3) is 11.8 Å². The van der Waals surface area contributed by atoms with Crippen LogP contribution < -0.4 is 5.32 Å². The van der Waals surface area contributed by atoms with Crippen LogP contribution in [0, 0.1) is 5.92 Å². The number of carbonyl (C=O) groups excluding carboxylic acids is 2. The summed E-state index contributed by atoms with van der Waals surface area (Å²) in [5, 5.41) is 7.25. The van der Waals surface area contributed by atoms with Crippen LogP contribution in [0.15, 0.2) is 59.8 Å². The Morgan fingerprint density at radius 1 is 1.03 bits per heavy atom. The minimum absolute atomic E-state index is 0.0301. The maximum atomic E-state index is 13.4. The number of benzene rings is 2. The summed E-state index contributed by atoms with van der Waals surface area (Å²) < 4.78 is 0. The van der Waals surface area contributed by atoms with E-state index in [0.717, 1.165) is 50.8 Å². The van der Waals surface area contributed by atoms with Gasteiger partial charge in [0.05, 0.1) is 5.71 Å². The highest BCUT2D eigenvalue weighted by atomic mass is 16.7. The summed E-state index contributed by atoms with van der Waals surface area (Å²) in [5.74, 6) is 0.500. The quantitative estimate of drug-likeness (QED) is 0.732. The zero-order valence-electron chi connectivity index (χ0n) is 19.1. The average molecular weight is 446 g/mol. The fourth-order valence-electron chi connectivity index (χ4n) is 4.75. The van der Waals surface area contributed by atoms with E-state index >= 15 is 0 Å². The van der Waals surface area contributed by atoms with Crippen molar-refractivity contribution < 1.29 is 14.4 Å². The molecule has 172 valence electrons. The van der Waals surface area contributed by atoms with Crippen molar-refractivity contribution in [2.24, 2.45) is 11.1 Å². The minimum atomic E-state index is -1.02. The number of amides is 2. The third-order valence-electron chi connectivity index (χ3n) is 6.99. The van der Waals surface area contributed by atoms with Crippen molar-refractivity contribution in [2.45, 2.75) is 57.1 Å². The molecule has 0 bridgehead atoms. The molecule has 2 amide bonds. The average Bonchev–Trinajstić information content (AvgIpc) is 3.57. The summed E-state index contributed by atoms with van der Waals surface area (Å²) in [6, 6.07) is 18.4. The molecule has 2 heterocycles. The molecule has 6 heteroatoms. The van der Waals surface area contributed by atoms with Crippen LogP contribution in [0.3, 0.4) is 0 Å². The Labute approximate surface area is 195 Å². The highest BCUT2D eigenvalue weighted by Gasteiger charge is 2.44. The Morgan fingerprint density at radius 3 is 2.45 bits per heavy atom. The predicted octanol–water partition coefficient (Wildman–Crippen LogP) is 3.94. The molecule has 1 N–H and O–H groups in total. The molecule has 1 unspecified atom stereocenters. The van der Waals surface area contributed by atoms with E-state index in [4.69, 9.17) is 4.84 Å². The Morgan fingerprint density at radius 2 is 1.73 bits per heavy atom. The van der Waals surface area contributed by atoms with Crippen LogP contribution in [0.25, 0.3) is 0 Å². The monoisotopic (exact) mass is 445 g/mol. The van der Waals surface area contributed by atoms with Gasteiger partial charge in [0.15, 0.2) is 0 Å². The molecular formula is C27H31N3O3. The SMILES string of the molecule is CC1(C(=O)NC2CC2)CC(c2ccccc2C(=O)N2CCC(Cc3ccccc3)CC2)=NO1. The zero-order chi connectivity index (χ0) is 22.8. The van der Waals surface area contributed by atoms with Crippen LogP contribution in [0.1, 0.15) is 60.5 Å². The second-order valence-corrected chi connectivity index (χ2v) is 9.76. The summed E-state index contributed by atoms with van der Waals surface area (Å²) in [7, 11) is 0. The first-order valence-electron chi connectivity index (χ1n) is 12.0. The van der Waals surface area contributed by atoms with Gasteiger partial charge in [0.2, 0.25) is 5.60 Å². The number of oxime groups is 1. The van der Waals surface area contributed by atoms with E-state index in [1.165, 1.54) is 5.56 Å². The molecule has 1 atom stereocenters. The first-order valence-corrected chi connectivity index (χ1v) is 12.0. The molecule has 5 rings (SSSR count). The largest absolute Gasteiger partial charge is 0.379 e. The van der Waals surface area contributed by atoms with Gasteiger partial charge in [-0.25, -0.2) is 0 Å². The minimum Gasteiger partial charge on any atom is -0.379 e. The molecule has 2 aliphatic heterocycles. The number of nitrogens with one attached hydrogen (secondary N) is 1. The summed E-state index contributed by atoms with van der Waals surface area (Å²) in [6.07, 6.45) is 5.48. The van der Waals surface area contributed by atoms with Crippen molar-refractivity contribution in [1.82, 2.24) is 10.2 Å². The number of nitrogens with zero attached hydrogens (tertiary/aromatic N) is 2. The van der Waals surface area contributed by atoms with Gasteiger partial charge in [-0.2, -0.15) is 0 Å². The topological polar surface area (TPSA) is 71.0 Å². The zero-order valence-corrected chi connectivity index (χ0v) is 19.1. The standard InChI is InChI=1S/C27H31N3O3/c1-27(26(32)28-21-11-12-21)18-24(29-33-27)22-9-5-6-10-23(22)25(31)30-15-13-20(14-16-30)17-19-7-3-2-4-8-19/h2-10,20-21H,11-18H2,1H3,(H,28,32). The maximum absolute atomic E-state index is 13.4. The second-order valence-electron chi connectivity index (χ2n) is 9.76. The number of likely N-dealkylation sites (tertiary alicyclic amines) is 1. The summed E-state index contributed by atoms with van der Waals surface area (Å²) in [4.78, 5) is 33.6. The first kappa shape index (κ1) is 21.7. The van der Waals surface area contributed by atoms with Crippen molar-refractivity contribution in [3.05, 3.63) is 71.3 Å². The molecule has 3 aliphatic rings. The maximum Gasteiger partial charge on any atom is 0.267 e. The van der Waals surface area contributed by atoms with Gasteiger partial charge in [-0.3, -0.25) is 9.59 Å². The highest BCUT2D eigenvalue weighted by Crippen LogP contribution is 2.31. The number of piperidine rings is 1. The van der Waals surface area contributed by atoms with Crippen molar-refractivity contribution in [3.8, 4) is 0 Å². The molecule has 2 fully saturated rings. The van der Waals surface area contributed by atoms with Crippen LogP contribution in [0.4, 0.5) is 0 Å². The molecule has 33 heavy (non-hydrogen) atoms. The van der Waals surface area contributed by atoms with Gasteiger partial charge in [0, 0.05) is 36.7 Å². The fourth-order valence-corrected chi connectivity index (χ4v) is 4.75. The Kier molecular flexibility index (Phi) is 5.92. The number of rotatable bonds is 6. The normalized spacial score (nSPS) is 23.1. The summed E-state index contributed by atoms with van der Waals surface area (Å²) in [6.45, 7) is 3.29. The smallest absolute Gasteiger partial charge is 0.267 e. The van der Waals surface area contributed by atoms with E-state index in [1.807, 2.05) is 35.2 Å². The van der Waals surface area contributed by atoms with Crippen LogP contribution in [-0.4, -0.2) is 47.2 Å². The summed E-state index contributed by atoms with van der Waals surface area (Å²) >= 11 is 0.